The molecule has 0 aromatic heterocycles. The van der Waals surface area contributed by atoms with Crippen molar-refractivity contribution in [3.63, 3.8) is 0 Å². The summed E-state index contributed by atoms with van der Waals surface area (Å²) < 4.78 is 35.9. The number of hydrogen-bond acceptors (Lipinski definition) is 2. The molecule has 82 valence electrons. The summed E-state index contributed by atoms with van der Waals surface area (Å²) in [5, 5.41) is 0. The Labute approximate surface area is 89.7 Å². The molecule has 1 aromatic rings. The van der Waals surface area contributed by atoms with Crippen LogP contribution in [0.1, 0.15) is 18.4 Å². The van der Waals surface area contributed by atoms with Gasteiger partial charge in [-0.1, -0.05) is 19.1 Å². The van der Waals surface area contributed by atoms with E-state index in [0.29, 0.717) is 0 Å². The van der Waals surface area contributed by atoms with Crippen molar-refractivity contribution in [3.8, 4) is 0 Å². The van der Waals surface area contributed by atoms with Crippen molar-refractivity contribution < 1.29 is 18.0 Å². The molecule has 0 aliphatic heterocycles. The Kier molecular flexibility index (Phi) is 3.79. The van der Waals surface area contributed by atoms with Crippen LogP contribution in [0.5, 0.6) is 0 Å². The van der Waals surface area contributed by atoms with E-state index in [1.807, 2.05) is 0 Å². The van der Waals surface area contributed by atoms with Gasteiger partial charge in [0.1, 0.15) is 6.29 Å². The van der Waals surface area contributed by atoms with Gasteiger partial charge in [0.25, 0.3) is 0 Å². The number of halogens is 3. The van der Waals surface area contributed by atoms with Crippen molar-refractivity contribution in [1.82, 2.24) is 0 Å². The molecule has 1 aromatic carbocycles. The van der Waals surface area contributed by atoms with Gasteiger partial charge < -0.3 is 4.79 Å². The lowest BCUT2D eigenvalue weighted by Gasteiger charge is -2.07. The van der Waals surface area contributed by atoms with Crippen molar-refractivity contribution >= 4 is 18.0 Å². The number of alkyl halides is 3. The average Bonchev–Trinajstić information content (AvgIpc) is 2.15. The van der Waals surface area contributed by atoms with E-state index in [4.69, 9.17) is 0 Å². The lowest BCUT2D eigenvalue weighted by Crippen LogP contribution is -1.99. The smallest absolute Gasteiger partial charge is 0.303 e. The van der Waals surface area contributed by atoms with Crippen molar-refractivity contribution in [3.05, 3.63) is 29.8 Å². The van der Waals surface area contributed by atoms with Gasteiger partial charge in [0.05, 0.1) is 0 Å². The highest BCUT2D eigenvalue weighted by Gasteiger charge is 2.29. The zero-order valence-electron chi connectivity index (χ0n) is 7.91. The summed E-state index contributed by atoms with van der Waals surface area (Å²) >= 11 is -0.160. The third kappa shape index (κ3) is 3.95. The molecule has 0 bridgehead atoms. The fourth-order valence-electron chi connectivity index (χ4n) is 1.05. The quantitative estimate of drug-likeness (QED) is 0.587. The van der Waals surface area contributed by atoms with Crippen LogP contribution in [0.3, 0.4) is 0 Å². The SMILES string of the molecule is CC(C=O)c1ccc(SC(F)(F)F)cc1. The first-order valence-electron chi connectivity index (χ1n) is 4.23. The number of thioether (sulfide) groups is 1. The van der Waals surface area contributed by atoms with Crippen LogP contribution in [0, 0.1) is 0 Å². The fraction of sp³-hybridized carbons (Fsp3) is 0.300. The summed E-state index contributed by atoms with van der Waals surface area (Å²) in [6, 6.07) is 5.81. The van der Waals surface area contributed by atoms with E-state index in [1.54, 1.807) is 6.92 Å². The van der Waals surface area contributed by atoms with Crippen LogP contribution in [0.25, 0.3) is 0 Å². The third-order valence-electron chi connectivity index (χ3n) is 1.84. The van der Waals surface area contributed by atoms with Gasteiger partial charge in [0.2, 0.25) is 0 Å². The molecule has 0 aliphatic rings. The van der Waals surface area contributed by atoms with Gasteiger partial charge in [-0.3, -0.25) is 0 Å². The molecule has 0 spiro atoms. The predicted octanol–water partition coefficient (Wildman–Crippen LogP) is 3.60. The van der Waals surface area contributed by atoms with Crippen LogP contribution in [0.2, 0.25) is 0 Å². The second-order valence-corrected chi connectivity index (χ2v) is 4.18. The number of benzene rings is 1. The predicted molar refractivity (Wildman–Crippen MR) is 52.8 cm³/mol. The Balaban J connectivity index is 2.77. The minimum absolute atomic E-state index is 0.129. The molecule has 1 atom stereocenters. The first-order valence-corrected chi connectivity index (χ1v) is 5.05. The van der Waals surface area contributed by atoms with Crippen LogP contribution >= 0.6 is 11.8 Å². The monoisotopic (exact) mass is 234 g/mol. The minimum atomic E-state index is -4.27. The van der Waals surface area contributed by atoms with Crippen LogP contribution < -0.4 is 0 Å². The maximum absolute atomic E-state index is 12.0. The topological polar surface area (TPSA) is 17.1 Å². The molecular weight excluding hydrogens is 225 g/mol. The summed E-state index contributed by atoms with van der Waals surface area (Å²) in [5.41, 5.74) is -3.55. The molecule has 0 fully saturated rings. The number of carbonyl (C=O) groups is 1. The van der Waals surface area contributed by atoms with Crippen LogP contribution in [0.15, 0.2) is 29.2 Å². The van der Waals surface area contributed by atoms with Crippen LogP contribution in [-0.4, -0.2) is 11.8 Å². The molecule has 0 N–H and O–H groups in total. The Hall–Kier alpha value is -0.970. The molecule has 0 amide bonds. The van der Waals surface area contributed by atoms with Gasteiger partial charge in [-0.25, -0.2) is 0 Å². The number of carbonyl (C=O) groups excluding carboxylic acids is 1. The summed E-state index contributed by atoms with van der Waals surface area (Å²) in [4.78, 5) is 10.6. The second kappa shape index (κ2) is 4.70. The molecular formula is C10H9F3OS. The second-order valence-electron chi connectivity index (χ2n) is 3.04. The molecule has 0 saturated carbocycles. The van der Waals surface area contributed by atoms with E-state index in [0.717, 1.165) is 11.8 Å². The van der Waals surface area contributed by atoms with Gasteiger partial charge >= 0.3 is 5.51 Å². The highest BCUT2D eigenvalue weighted by Crippen LogP contribution is 2.36. The normalized spacial score (nSPS) is 13.6. The largest absolute Gasteiger partial charge is 0.446 e. The van der Waals surface area contributed by atoms with E-state index in [-0.39, 0.29) is 22.6 Å². The minimum Gasteiger partial charge on any atom is -0.303 e. The van der Waals surface area contributed by atoms with E-state index in [1.165, 1.54) is 24.3 Å². The lowest BCUT2D eigenvalue weighted by atomic mass is 10.0. The fourth-order valence-corrected chi connectivity index (χ4v) is 1.59. The molecule has 1 rings (SSSR count). The molecule has 5 heteroatoms. The van der Waals surface area contributed by atoms with E-state index < -0.39 is 5.51 Å². The molecule has 1 unspecified atom stereocenters. The molecule has 0 heterocycles. The molecule has 0 radical (unpaired) electrons. The highest BCUT2D eigenvalue weighted by molar-refractivity contribution is 8.00. The number of hydrogen-bond donors (Lipinski definition) is 0. The van der Waals surface area contributed by atoms with Gasteiger partial charge in [0.15, 0.2) is 0 Å². The molecule has 1 nitrogen and oxygen atoms in total. The molecule has 0 saturated heterocycles. The average molecular weight is 234 g/mol. The van der Waals surface area contributed by atoms with E-state index >= 15 is 0 Å². The first-order chi connectivity index (χ1) is 6.92. The van der Waals surface area contributed by atoms with Crippen molar-refractivity contribution in [2.45, 2.75) is 23.2 Å². The number of rotatable bonds is 3. The van der Waals surface area contributed by atoms with E-state index in [2.05, 4.69) is 0 Å². The summed E-state index contributed by atoms with van der Waals surface area (Å²) in [5.74, 6) is -0.282. The van der Waals surface area contributed by atoms with Crippen molar-refractivity contribution in [2.24, 2.45) is 0 Å². The Morgan fingerprint density at radius 2 is 1.80 bits per heavy atom. The Morgan fingerprint density at radius 3 is 2.20 bits per heavy atom. The van der Waals surface area contributed by atoms with Gasteiger partial charge in [0, 0.05) is 10.8 Å². The van der Waals surface area contributed by atoms with Gasteiger partial charge in [-0.05, 0) is 29.5 Å². The van der Waals surface area contributed by atoms with Crippen LogP contribution in [-0.2, 0) is 4.79 Å². The summed E-state index contributed by atoms with van der Waals surface area (Å²) in [6.07, 6.45) is 0.756. The molecule has 15 heavy (non-hydrogen) atoms. The van der Waals surface area contributed by atoms with Crippen molar-refractivity contribution in [2.75, 3.05) is 0 Å². The lowest BCUT2D eigenvalue weighted by molar-refractivity contribution is -0.108. The standard InChI is InChI=1S/C10H9F3OS/c1-7(6-14)8-2-4-9(5-3-8)15-10(11,12)13/h2-7H,1H3. The van der Waals surface area contributed by atoms with Gasteiger partial charge in [-0.15, -0.1) is 0 Å². The summed E-state index contributed by atoms with van der Waals surface area (Å²) in [7, 11) is 0. The van der Waals surface area contributed by atoms with Crippen LogP contribution in [0.4, 0.5) is 13.2 Å². The summed E-state index contributed by atoms with van der Waals surface area (Å²) in [6.45, 7) is 1.69. The van der Waals surface area contributed by atoms with Gasteiger partial charge in [-0.2, -0.15) is 13.2 Å². The maximum Gasteiger partial charge on any atom is 0.446 e. The van der Waals surface area contributed by atoms with E-state index in [9.17, 15) is 18.0 Å². The molecule has 0 aliphatic carbocycles. The number of aldehydes is 1. The third-order valence-corrected chi connectivity index (χ3v) is 2.58. The Bertz CT molecular complexity index is 332. The highest BCUT2D eigenvalue weighted by atomic mass is 32.2. The zero-order valence-corrected chi connectivity index (χ0v) is 8.73. The Morgan fingerprint density at radius 1 is 1.27 bits per heavy atom. The zero-order chi connectivity index (χ0) is 11.5. The first kappa shape index (κ1) is 12.1. The van der Waals surface area contributed by atoms with Crippen molar-refractivity contribution in [1.29, 1.82) is 0 Å². The maximum atomic E-state index is 12.0.